The first kappa shape index (κ1) is 14.8. The van der Waals surface area contributed by atoms with E-state index in [2.05, 4.69) is 27.4 Å². The summed E-state index contributed by atoms with van der Waals surface area (Å²) in [5.41, 5.74) is 1.21. The third-order valence-electron chi connectivity index (χ3n) is 4.48. The number of hydrogen-bond acceptors (Lipinski definition) is 2. The van der Waals surface area contributed by atoms with Gasteiger partial charge in [0.05, 0.1) is 12.5 Å². The van der Waals surface area contributed by atoms with Gasteiger partial charge in [-0.15, -0.1) is 0 Å². The summed E-state index contributed by atoms with van der Waals surface area (Å²) < 4.78 is 0. The van der Waals surface area contributed by atoms with Crippen molar-refractivity contribution in [3.63, 3.8) is 0 Å². The number of imidazole rings is 1. The number of nitrogens with zero attached hydrogens (tertiary/aromatic N) is 1. The van der Waals surface area contributed by atoms with Crippen LogP contribution in [0.25, 0.3) is 0 Å². The summed E-state index contributed by atoms with van der Waals surface area (Å²) in [5, 5.41) is 3.24. The quantitative estimate of drug-likeness (QED) is 0.888. The largest absolute Gasteiger partial charge is 0.349 e. The third-order valence-corrected chi connectivity index (χ3v) is 4.48. The van der Waals surface area contributed by atoms with Crippen LogP contribution in [-0.4, -0.2) is 15.9 Å². The minimum atomic E-state index is 0.0365. The molecule has 3 rings (SSSR count). The van der Waals surface area contributed by atoms with Gasteiger partial charge in [-0.25, -0.2) is 4.98 Å². The highest BCUT2D eigenvalue weighted by atomic mass is 16.1. The molecule has 4 nitrogen and oxygen atoms in total. The first-order valence-electron chi connectivity index (χ1n) is 8.15. The second kappa shape index (κ2) is 7.25. The van der Waals surface area contributed by atoms with Crippen LogP contribution >= 0.6 is 0 Å². The van der Waals surface area contributed by atoms with Gasteiger partial charge in [0, 0.05) is 12.4 Å². The molecule has 22 heavy (non-hydrogen) atoms. The van der Waals surface area contributed by atoms with Crippen molar-refractivity contribution in [2.24, 2.45) is 5.92 Å². The molecule has 1 fully saturated rings. The summed E-state index contributed by atoms with van der Waals surface area (Å²) >= 11 is 0. The van der Waals surface area contributed by atoms with E-state index in [-0.39, 0.29) is 11.9 Å². The molecule has 116 valence electrons. The first-order chi connectivity index (χ1) is 10.8. The second-order valence-electron chi connectivity index (χ2n) is 6.07. The molecular weight excluding hydrogens is 274 g/mol. The molecule has 1 amide bonds. The maximum absolute atomic E-state index is 12.4. The molecule has 1 heterocycles. The van der Waals surface area contributed by atoms with Gasteiger partial charge in [-0.3, -0.25) is 4.79 Å². The zero-order valence-electron chi connectivity index (χ0n) is 12.8. The highest BCUT2D eigenvalue weighted by molar-refractivity contribution is 5.78. The molecule has 1 aliphatic carbocycles. The Labute approximate surface area is 131 Å². The van der Waals surface area contributed by atoms with E-state index in [9.17, 15) is 4.79 Å². The zero-order valence-corrected chi connectivity index (χ0v) is 12.8. The number of aromatic amines is 1. The molecule has 0 spiro atoms. The van der Waals surface area contributed by atoms with Crippen LogP contribution in [0.1, 0.15) is 49.5 Å². The van der Waals surface area contributed by atoms with Gasteiger partial charge in [-0.05, 0) is 24.3 Å². The van der Waals surface area contributed by atoms with Crippen LogP contribution in [0.4, 0.5) is 0 Å². The lowest BCUT2D eigenvalue weighted by molar-refractivity contribution is -0.121. The van der Waals surface area contributed by atoms with E-state index >= 15 is 0 Å². The van der Waals surface area contributed by atoms with E-state index in [1.165, 1.54) is 37.7 Å². The lowest BCUT2D eigenvalue weighted by Gasteiger charge is -2.31. The predicted octanol–water partition coefficient (Wildman–Crippen LogP) is 3.39. The molecule has 0 aliphatic heterocycles. The number of carbonyl (C=O) groups is 1. The Morgan fingerprint density at radius 3 is 2.68 bits per heavy atom. The second-order valence-corrected chi connectivity index (χ2v) is 6.07. The average Bonchev–Trinajstić information content (AvgIpc) is 3.07. The summed E-state index contributed by atoms with van der Waals surface area (Å²) in [6.07, 6.45) is 9.98. The Kier molecular flexibility index (Phi) is 4.88. The lowest BCUT2D eigenvalue weighted by atomic mass is 9.81. The fraction of sp³-hybridized carbons (Fsp3) is 0.444. The monoisotopic (exact) mass is 297 g/mol. The van der Waals surface area contributed by atoms with Gasteiger partial charge in [0.15, 0.2) is 0 Å². The SMILES string of the molecule is O=C(Cc1ncc[nH]1)NC(c1ccccc1)C1CCCCC1. The molecule has 0 bridgehead atoms. The number of H-pyrrole nitrogens is 1. The van der Waals surface area contributed by atoms with Crippen molar-refractivity contribution in [2.45, 2.75) is 44.6 Å². The molecule has 1 aromatic heterocycles. The highest BCUT2D eigenvalue weighted by Gasteiger charge is 2.26. The van der Waals surface area contributed by atoms with Crippen molar-refractivity contribution < 1.29 is 4.79 Å². The number of amides is 1. The van der Waals surface area contributed by atoms with Crippen molar-refractivity contribution in [1.82, 2.24) is 15.3 Å². The average molecular weight is 297 g/mol. The van der Waals surface area contributed by atoms with E-state index in [4.69, 9.17) is 0 Å². The Bertz CT molecular complexity index is 574. The lowest BCUT2D eigenvalue weighted by Crippen LogP contribution is -2.35. The molecule has 0 saturated heterocycles. The summed E-state index contributed by atoms with van der Waals surface area (Å²) in [7, 11) is 0. The minimum Gasteiger partial charge on any atom is -0.349 e. The van der Waals surface area contributed by atoms with Crippen LogP contribution < -0.4 is 5.32 Å². The van der Waals surface area contributed by atoms with Crippen molar-refractivity contribution >= 4 is 5.91 Å². The van der Waals surface area contributed by atoms with Crippen LogP contribution in [0.5, 0.6) is 0 Å². The van der Waals surface area contributed by atoms with Gasteiger partial charge in [0.25, 0.3) is 0 Å². The van der Waals surface area contributed by atoms with Gasteiger partial charge >= 0.3 is 0 Å². The standard InChI is InChI=1S/C18H23N3O/c22-17(13-16-19-11-12-20-16)21-18(14-7-3-1-4-8-14)15-9-5-2-6-10-15/h1,3-4,7-8,11-12,15,18H,2,5-6,9-10,13H2,(H,19,20)(H,21,22). The molecule has 0 radical (unpaired) electrons. The smallest absolute Gasteiger partial charge is 0.228 e. The van der Waals surface area contributed by atoms with Crippen molar-refractivity contribution in [3.8, 4) is 0 Å². The van der Waals surface area contributed by atoms with Gasteiger partial charge in [-0.2, -0.15) is 0 Å². The van der Waals surface area contributed by atoms with E-state index < -0.39 is 0 Å². The topological polar surface area (TPSA) is 57.8 Å². The van der Waals surface area contributed by atoms with Crippen LogP contribution in [0.3, 0.4) is 0 Å². The van der Waals surface area contributed by atoms with Crippen LogP contribution in [0.2, 0.25) is 0 Å². The maximum Gasteiger partial charge on any atom is 0.228 e. The van der Waals surface area contributed by atoms with Gasteiger partial charge in [0.1, 0.15) is 5.82 Å². The van der Waals surface area contributed by atoms with Crippen molar-refractivity contribution in [3.05, 3.63) is 54.1 Å². The highest BCUT2D eigenvalue weighted by Crippen LogP contribution is 2.34. The molecule has 1 aromatic carbocycles. The molecule has 1 unspecified atom stereocenters. The Hall–Kier alpha value is -2.10. The zero-order chi connectivity index (χ0) is 15.2. The summed E-state index contributed by atoms with van der Waals surface area (Å²) in [5.74, 6) is 1.29. The number of nitrogens with one attached hydrogen (secondary N) is 2. The summed E-state index contributed by atoms with van der Waals surface area (Å²) in [6.45, 7) is 0. The summed E-state index contributed by atoms with van der Waals surface area (Å²) in [6, 6.07) is 10.5. The molecule has 1 saturated carbocycles. The Morgan fingerprint density at radius 2 is 2.00 bits per heavy atom. The van der Waals surface area contributed by atoms with Crippen molar-refractivity contribution in [2.75, 3.05) is 0 Å². The minimum absolute atomic E-state index is 0.0365. The fourth-order valence-electron chi connectivity index (χ4n) is 3.37. The number of hydrogen-bond donors (Lipinski definition) is 2. The normalized spacial score (nSPS) is 17.1. The Balaban J connectivity index is 1.71. The molecule has 2 aromatic rings. The molecular formula is C18H23N3O. The molecule has 1 atom stereocenters. The predicted molar refractivity (Wildman–Crippen MR) is 86.2 cm³/mol. The van der Waals surface area contributed by atoms with Gasteiger partial charge in [-0.1, -0.05) is 49.6 Å². The Morgan fingerprint density at radius 1 is 1.23 bits per heavy atom. The number of benzene rings is 1. The number of rotatable bonds is 5. The van der Waals surface area contributed by atoms with E-state index in [0.29, 0.717) is 18.2 Å². The maximum atomic E-state index is 12.4. The number of carbonyl (C=O) groups excluding carboxylic acids is 1. The fourth-order valence-corrected chi connectivity index (χ4v) is 3.37. The van der Waals surface area contributed by atoms with Crippen LogP contribution in [-0.2, 0) is 11.2 Å². The molecule has 2 N–H and O–H groups in total. The first-order valence-corrected chi connectivity index (χ1v) is 8.15. The van der Waals surface area contributed by atoms with Crippen LogP contribution in [0.15, 0.2) is 42.7 Å². The molecule has 4 heteroatoms. The van der Waals surface area contributed by atoms with Crippen molar-refractivity contribution in [1.29, 1.82) is 0 Å². The van der Waals surface area contributed by atoms with E-state index in [1.807, 2.05) is 18.2 Å². The van der Waals surface area contributed by atoms with E-state index in [0.717, 1.165) is 0 Å². The molecule has 1 aliphatic rings. The van der Waals surface area contributed by atoms with Gasteiger partial charge in [0.2, 0.25) is 5.91 Å². The third kappa shape index (κ3) is 3.75. The van der Waals surface area contributed by atoms with E-state index in [1.54, 1.807) is 12.4 Å². The van der Waals surface area contributed by atoms with Gasteiger partial charge < -0.3 is 10.3 Å². The van der Waals surface area contributed by atoms with Crippen LogP contribution in [0, 0.1) is 5.92 Å². The number of aromatic nitrogens is 2. The summed E-state index contributed by atoms with van der Waals surface area (Å²) in [4.78, 5) is 19.5.